The van der Waals surface area contributed by atoms with Crippen LogP contribution in [0.3, 0.4) is 0 Å². The Hall–Kier alpha value is -0.470. The van der Waals surface area contributed by atoms with E-state index in [-0.39, 0.29) is 16.8 Å². The van der Waals surface area contributed by atoms with Crippen molar-refractivity contribution in [1.29, 1.82) is 0 Å². The molecule has 16 heavy (non-hydrogen) atoms. The summed E-state index contributed by atoms with van der Waals surface area (Å²) in [4.78, 5) is 1.32. The molecule has 0 N–H and O–H groups in total. The van der Waals surface area contributed by atoms with Crippen LogP contribution < -0.4 is 0 Å². The van der Waals surface area contributed by atoms with E-state index in [4.69, 9.17) is 4.18 Å². The predicted molar refractivity (Wildman–Crippen MR) is 72.7 cm³/mol. The first-order valence-corrected chi connectivity index (χ1v) is 7.30. The molecule has 0 aliphatic rings. The molecular weight excluding hydrogens is 216 g/mol. The molecule has 1 rings (SSSR count). The summed E-state index contributed by atoms with van der Waals surface area (Å²) in [5, 5.41) is 0. The van der Waals surface area contributed by atoms with E-state index in [0.717, 1.165) is 5.75 Å². The molecule has 1 aromatic carbocycles. The number of rotatable bonds is 5. The van der Waals surface area contributed by atoms with Crippen LogP contribution in [-0.2, 0) is 15.4 Å². The van der Waals surface area contributed by atoms with Gasteiger partial charge in [-0.2, -0.15) is 4.18 Å². The van der Waals surface area contributed by atoms with Crippen molar-refractivity contribution in [2.75, 3.05) is 5.75 Å². The van der Waals surface area contributed by atoms with Crippen LogP contribution in [0.2, 0.25) is 0 Å². The lowest BCUT2D eigenvalue weighted by Crippen LogP contribution is -2.26. The molecule has 0 saturated heterocycles. The zero-order valence-corrected chi connectivity index (χ0v) is 11.6. The number of hydrogen-bond acceptors (Lipinski definition) is 1. The fourth-order valence-electron chi connectivity index (χ4n) is 1.36. The molecule has 0 bridgehead atoms. The molecule has 0 amide bonds. The Labute approximate surface area is 103 Å². The summed E-state index contributed by atoms with van der Waals surface area (Å²) < 4.78 is 6.15. The SMILES string of the molecule is CCCC[S+](OC(C)(C)C)c1ccccc1. The third-order valence-electron chi connectivity index (χ3n) is 2.04. The van der Waals surface area contributed by atoms with E-state index < -0.39 is 0 Å². The molecule has 2 heteroatoms. The van der Waals surface area contributed by atoms with Gasteiger partial charge in [0.1, 0.15) is 11.4 Å². The van der Waals surface area contributed by atoms with Gasteiger partial charge >= 0.3 is 0 Å². The van der Waals surface area contributed by atoms with Crippen LogP contribution in [0.5, 0.6) is 0 Å². The Morgan fingerprint density at radius 2 is 1.75 bits per heavy atom. The highest BCUT2D eigenvalue weighted by atomic mass is 32.2. The second-order valence-corrected chi connectivity index (χ2v) is 6.65. The highest BCUT2D eigenvalue weighted by Gasteiger charge is 2.30. The quantitative estimate of drug-likeness (QED) is 0.700. The summed E-state index contributed by atoms with van der Waals surface area (Å²) in [5.74, 6) is 1.14. The zero-order valence-electron chi connectivity index (χ0n) is 10.8. The van der Waals surface area contributed by atoms with Crippen molar-refractivity contribution in [3.63, 3.8) is 0 Å². The van der Waals surface area contributed by atoms with E-state index in [1.54, 1.807) is 0 Å². The Kier molecular flexibility index (Phi) is 5.36. The molecule has 0 spiro atoms. The molecule has 1 nitrogen and oxygen atoms in total. The molecular formula is C14H23OS+. The molecule has 1 unspecified atom stereocenters. The maximum absolute atomic E-state index is 6.15. The summed E-state index contributed by atoms with van der Waals surface area (Å²) in [7, 11) is 0. The van der Waals surface area contributed by atoms with E-state index in [0.29, 0.717) is 0 Å². The minimum atomic E-state index is -0.0628. The monoisotopic (exact) mass is 239 g/mol. The minimum Gasteiger partial charge on any atom is -0.162 e. The third-order valence-corrected chi connectivity index (χ3v) is 4.20. The molecule has 0 radical (unpaired) electrons. The van der Waals surface area contributed by atoms with Gasteiger partial charge < -0.3 is 0 Å². The predicted octanol–water partition coefficient (Wildman–Crippen LogP) is 4.19. The highest BCUT2D eigenvalue weighted by Crippen LogP contribution is 2.23. The normalized spacial score (nSPS) is 13.8. The first-order valence-electron chi connectivity index (χ1n) is 5.98. The average Bonchev–Trinajstić information content (AvgIpc) is 2.24. The van der Waals surface area contributed by atoms with Gasteiger partial charge in [-0.1, -0.05) is 31.5 Å². The van der Waals surface area contributed by atoms with E-state index in [1.165, 1.54) is 17.7 Å². The van der Waals surface area contributed by atoms with Crippen LogP contribution in [0, 0.1) is 0 Å². The maximum Gasteiger partial charge on any atom is 0.190 e. The van der Waals surface area contributed by atoms with E-state index >= 15 is 0 Å². The van der Waals surface area contributed by atoms with Crippen molar-refractivity contribution < 1.29 is 4.18 Å². The van der Waals surface area contributed by atoms with E-state index in [1.807, 2.05) is 0 Å². The van der Waals surface area contributed by atoms with Gasteiger partial charge in [0.2, 0.25) is 0 Å². The number of unbranched alkanes of at least 4 members (excludes halogenated alkanes) is 1. The van der Waals surface area contributed by atoms with Crippen molar-refractivity contribution in [3.8, 4) is 0 Å². The van der Waals surface area contributed by atoms with Crippen LogP contribution >= 0.6 is 0 Å². The first-order chi connectivity index (χ1) is 7.53. The first kappa shape index (κ1) is 13.6. The van der Waals surface area contributed by atoms with Crippen LogP contribution in [0.1, 0.15) is 40.5 Å². The van der Waals surface area contributed by atoms with Gasteiger partial charge in [0, 0.05) is 0 Å². The third kappa shape index (κ3) is 5.04. The second-order valence-electron chi connectivity index (χ2n) is 4.91. The molecule has 90 valence electrons. The van der Waals surface area contributed by atoms with Gasteiger partial charge in [0.05, 0.1) is 0 Å². The Bertz CT molecular complexity index is 289. The van der Waals surface area contributed by atoms with Crippen molar-refractivity contribution >= 4 is 11.2 Å². The van der Waals surface area contributed by atoms with Gasteiger partial charge in [-0.15, -0.1) is 0 Å². The van der Waals surface area contributed by atoms with Gasteiger partial charge in [-0.3, -0.25) is 0 Å². The molecule has 1 atom stereocenters. The van der Waals surface area contributed by atoms with Crippen LogP contribution in [0.25, 0.3) is 0 Å². The fourth-order valence-corrected chi connectivity index (χ4v) is 3.39. The standard InChI is InChI=1S/C14H23OS/c1-5-6-12-16(15-14(2,3)4)13-10-8-7-9-11-13/h7-11H,5-6,12H2,1-4H3/q+1. The topological polar surface area (TPSA) is 9.23 Å². The summed E-state index contributed by atoms with van der Waals surface area (Å²) in [6.45, 7) is 8.61. The van der Waals surface area contributed by atoms with Gasteiger partial charge in [0.15, 0.2) is 16.1 Å². The molecule has 0 fully saturated rings. The molecule has 0 aromatic heterocycles. The van der Waals surface area contributed by atoms with Gasteiger partial charge in [-0.05, 0) is 39.3 Å². The van der Waals surface area contributed by atoms with Gasteiger partial charge in [0.25, 0.3) is 0 Å². The van der Waals surface area contributed by atoms with Crippen molar-refractivity contribution in [3.05, 3.63) is 30.3 Å². The summed E-state index contributed by atoms with van der Waals surface area (Å²) in [6, 6.07) is 10.6. The van der Waals surface area contributed by atoms with E-state index in [2.05, 4.69) is 58.0 Å². The van der Waals surface area contributed by atoms with Crippen LogP contribution in [0.4, 0.5) is 0 Å². The Balaban J connectivity index is 2.71. The van der Waals surface area contributed by atoms with Gasteiger partial charge in [-0.25, -0.2) is 0 Å². The van der Waals surface area contributed by atoms with Crippen molar-refractivity contribution in [2.45, 2.75) is 51.0 Å². The minimum absolute atomic E-state index is 0.0572. The molecule has 0 aliphatic carbocycles. The lowest BCUT2D eigenvalue weighted by molar-refractivity contribution is 0.156. The molecule has 0 heterocycles. The fraction of sp³-hybridized carbons (Fsp3) is 0.571. The van der Waals surface area contributed by atoms with Crippen molar-refractivity contribution in [2.24, 2.45) is 0 Å². The number of hydrogen-bond donors (Lipinski definition) is 0. The largest absolute Gasteiger partial charge is 0.190 e. The average molecular weight is 239 g/mol. The second kappa shape index (κ2) is 6.31. The van der Waals surface area contributed by atoms with Crippen LogP contribution in [0.15, 0.2) is 35.2 Å². The van der Waals surface area contributed by atoms with E-state index in [9.17, 15) is 0 Å². The number of benzene rings is 1. The maximum atomic E-state index is 6.15. The lowest BCUT2D eigenvalue weighted by Gasteiger charge is -2.17. The summed E-state index contributed by atoms with van der Waals surface area (Å²) in [5.41, 5.74) is -0.0628. The van der Waals surface area contributed by atoms with Crippen LogP contribution in [-0.4, -0.2) is 11.4 Å². The Morgan fingerprint density at radius 3 is 2.25 bits per heavy atom. The smallest absolute Gasteiger partial charge is 0.162 e. The molecule has 0 saturated carbocycles. The van der Waals surface area contributed by atoms with Crippen molar-refractivity contribution in [1.82, 2.24) is 0 Å². The summed E-state index contributed by atoms with van der Waals surface area (Å²) in [6.07, 6.45) is 2.46. The zero-order chi connectivity index (χ0) is 12.0. The Morgan fingerprint density at radius 1 is 1.12 bits per heavy atom. The highest BCUT2D eigenvalue weighted by molar-refractivity contribution is 7.92. The summed E-state index contributed by atoms with van der Waals surface area (Å²) >= 11 is -0.0572. The molecule has 0 aliphatic heterocycles. The molecule has 1 aromatic rings. The lowest BCUT2D eigenvalue weighted by atomic mass is 10.2.